The second-order valence-corrected chi connectivity index (χ2v) is 7.82. The van der Waals surface area contributed by atoms with E-state index in [4.69, 9.17) is 27.9 Å². The summed E-state index contributed by atoms with van der Waals surface area (Å²) in [4.78, 5) is 12.2. The largest absolute Gasteiger partial charge is 0.496 e. The van der Waals surface area contributed by atoms with Gasteiger partial charge in [0.25, 0.3) is 0 Å². The lowest BCUT2D eigenvalue weighted by molar-refractivity contribution is 0.416. The standard InChI is InChI=1S/C20H16Cl2N4OS/c1-11-9-23-19(24-11)15-6-4-13(8-18(15)27-2)25-20-26-17(10-28-20)14-5-3-12(21)7-16(14)22/h3-10H,1-2H3,(H,23,24)(H,25,26). The molecule has 0 amide bonds. The first-order valence-electron chi connectivity index (χ1n) is 8.41. The predicted molar refractivity (Wildman–Crippen MR) is 116 cm³/mol. The molecule has 0 aliphatic carbocycles. The van der Waals surface area contributed by atoms with Gasteiger partial charge in [0.15, 0.2) is 5.13 Å². The number of H-pyrrole nitrogens is 1. The van der Waals surface area contributed by atoms with Crippen molar-refractivity contribution in [3.8, 4) is 28.4 Å². The van der Waals surface area contributed by atoms with Crippen molar-refractivity contribution in [2.75, 3.05) is 12.4 Å². The van der Waals surface area contributed by atoms with Gasteiger partial charge in [0, 0.05) is 39.6 Å². The number of halogens is 2. The zero-order valence-corrected chi connectivity index (χ0v) is 17.4. The van der Waals surface area contributed by atoms with Crippen LogP contribution in [0.25, 0.3) is 22.6 Å². The fraction of sp³-hybridized carbons (Fsp3) is 0.100. The molecule has 4 aromatic rings. The highest BCUT2D eigenvalue weighted by Crippen LogP contribution is 2.35. The number of methoxy groups -OCH3 is 1. The highest BCUT2D eigenvalue weighted by atomic mass is 35.5. The van der Waals surface area contributed by atoms with Gasteiger partial charge in [0.05, 0.1) is 23.4 Å². The minimum Gasteiger partial charge on any atom is -0.496 e. The van der Waals surface area contributed by atoms with E-state index in [-0.39, 0.29) is 0 Å². The van der Waals surface area contributed by atoms with Gasteiger partial charge < -0.3 is 15.0 Å². The lowest BCUT2D eigenvalue weighted by Gasteiger charge is -2.09. The first-order chi connectivity index (χ1) is 13.5. The first kappa shape index (κ1) is 18.8. The molecule has 0 spiro atoms. The van der Waals surface area contributed by atoms with Crippen LogP contribution < -0.4 is 10.1 Å². The molecule has 5 nitrogen and oxygen atoms in total. The second-order valence-electron chi connectivity index (χ2n) is 6.12. The minimum atomic E-state index is 0.573. The first-order valence-corrected chi connectivity index (χ1v) is 10.0. The highest BCUT2D eigenvalue weighted by Gasteiger charge is 2.12. The average Bonchev–Trinajstić information content (AvgIpc) is 3.31. The summed E-state index contributed by atoms with van der Waals surface area (Å²) in [5, 5.41) is 7.19. The van der Waals surface area contributed by atoms with Crippen molar-refractivity contribution in [3.05, 3.63) is 63.7 Å². The Morgan fingerprint density at radius 2 is 1.93 bits per heavy atom. The lowest BCUT2D eigenvalue weighted by atomic mass is 10.1. The Labute approximate surface area is 176 Å². The maximum Gasteiger partial charge on any atom is 0.187 e. The Morgan fingerprint density at radius 3 is 2.64 bits per heavy atom. The maximum atomic E-state index is 6.28. The molecular weight excluding hydrogens is 415 g/mol. The van der Waals surface area contributed by atoms with E-state index in [1.165, 1.54) is 11.3 Å². The third kappa shape index (κ3) is 3.85. The molecule has 0 saturated carbocycles. The van der Waals surface area contributed by atoms with E-state index < -0.39 is 0 Å². The Bertz CT molecular complexity index is 1140. The number of aryl methyl sites for hydroxylation is 1. The third-order valence-electron chi connectivity index (χ3n) is 4.12. The number of thiazole rings is 1. The quantitative estimate of drug-likeness (QED) is 0.375. The molecule has 0 radical (unpaired) electrons. The van der Waals surface area contributed by atoms with E-state index in [1.54, 1.807) is 25.4 Å². The average molecular weight is 431 g/mol. The van der Waals surface area contributed by atoms with Crippen molar-refractivity contribution in [2.24, 2.45) is 0 Å². The number of aromatic amines is 1. The van der Waals surface area contributed by atoms with Crippen LogP contribution in [-0.2, 0) is 0 Å². The van der Waals surface area contributed by atoms with Crippen LogP contribution >= 0.6 is 34.5 Å². The molecule has 2 heterocycles. The molecular formula is C20H16Cl2N4OS. The van der Waals surface area contributed by atoms with Crippen LogP contribution in [0.2, 0.25) is 10.0 Å². The molecule has 0 bridgehead atoms. The predicted octanol–water partition coefficient (Wildman–Crippen LogP) is 6.57. The van der Waals surface area contributed by atoms with Gasteiger partial charge in [-0.1, -0.05) is 23.2 Å². The van der Waals surface area contributed by atoms with Crippen molar-refractivity contribution in [2.45, 2.75) is 6.92 Å². The van der Waals surface area contributed by atoms with E-state index in [0.717, 1.165) is 44.9 Å². The van der Waals surface area contributed by atoms with Gasteiger partial charge in [0.1, 0.15) is 11.6 Å². The van der Waals surface area contributed by atoms with Crippen molar-refractivity contribution in [1.82, 2.24) is 15.0 Å². The summed E-state index contributed by atoms with van der Waals surface area (Å²) >= 11 is 13.8. The summed E-state index contributed by atoms with van der Waals surface area (Å²) in [6.07, 6.45) is 1.79. The number of ether oxygens (including phenoxy) is 1. The Hall–Kier alpha value is -2.54. The minimum absolute atomic E-state index is 0.573. The van der Waals surface area contributed by atoms with Gasteiger partial charge >= 0.3 is 0 Å². The molecule has 28 heavy (non-hydrogen) atoms. The monoisotopic (exact) mass is 430 g/mol. The summed E-state index contributed by atoms with van der Waals surface area (Å²) in [5.41, 5.74) is 4.40. The number of rotatable bonds is 5. The smallest absolute Gasteiger partial charge is 0.187 e. The number of nitrogens with one attached hydrogen (secondary N) is 2. The molecule has 0 saturated heterocycles. The number of benzene rings is 2. The second kappa shape index (κ2) is 7.83. The number of anilines is 2. The third-order valence-corrected chi connectivity index (χ3v) is 5.43. The van der Waals surface area contributed by atoms with E-state index in [0.29, 0.717) is 10.0 Å². The molecule has 4 rings (SSSR count). The van der Waals surface area contributed by atoms with Gasteiger partial charge in [-0.3, -0.25) is 0 Å². The number of aromatic nitrogens is 3. The molecule has 2 aromatic heterocycles. The summed E-state index contributed by atoms with van der Waals surface area (Å²) in [7, 11) is 1.64. The van der Waals surface area contributed by atoms with Crippen LogP contribution in [0, 0.1) is 6.92 Å². The summed E-state index contributed by atoms with van der Waals surface area (Å²) in [6, 6.07) is 11.2. The molecule has 2 aromatic carbocycles. The number of hydrogen-bond acceptors (Lipinski definition) is 5. The van der Waals surface area contributed by atoms with Crippen molar-refractivity contribution < 1.29 is 4.74 Å². The molecule has 8 heteroatoms. The topological polar surface area (TPSA) is 62.8 Å². The number of hydrogen-bond donors (Lipinski definition) is 2. The van der Waals surface area contributed by atoms with Gasteiger partial charge in [-0.15, -0.1) is 11.3 Å². The number of imidazole rings is 1. The SMILES string of the molecule is COc1cc(Nc2nc(-c3ccc(Cl)cc3Cl)cs2)ccc1-c1ncc(C)[nH]1. The summed E-state index contributed by atoms with van der Waals surface area (Å²) in [6.45, 7) is 1.96. The van der Waals surface area contributed by atoms with Crippen molar-refractivity contribution >= 4 is 45.4 Å². The Balaban J connectivity index is 1.59. The van der Waals surface area contributed by atoms with Crippen molar-refractivity contribution in [3.63, 3.8) is 0 Å². The summed E-state index contributed by atoms with van der Waals surface area (Å²) in [5.74, 6) is 1.49. The number of nitrogens with zero attached hydrogens (tertiary/aromatic N) is 2. The van der Waals surface area contributed by atoms with Gasteiger partial charge in [-0.2, -0.15) is 0 Å². The molecule has 0 atom stereocenters. The van der Waals surface area contributed by atoms with E-state index in [1.807, 2.05) is 36.6 Å². The van der Waals surface area contributed by atoms with Gasteiger partial charge in [0.2, 0.25) is 0 Å². The fourth-order valence-corrected chi connectivity index (χ4v) is 4.03. The van der Waals surface area contributed by atoms with Gasteiger partial charge in [-0.05, 0) is 37.3 Å². The normalized spacial score (nSPS) is 10.9. The van der Waals surface area contributed by atoms with E-state index in [9.17, 15) is 0 Å². The Kier molecular flexibility index (Phi) is 5.26. The zero-order chi connectivity index (χ0) is 19.7. The van der Waals surface area contributed by atoms with Crippen LogP contribution in [0.5, 0.6) is 5.75 Å². The van der Waals surface area contributed by atoms with Crippen LogP contribution in [0.15, 0.2) is 48.0 Å². The van der Waals surface area contributed by atoms with Crippen LogP contribution in [-0.4, -0.2) is 22.1 Å². The Morgan fingerprint density at radius 1 is 1.11 bits per heavy atom. The maximum absolute atomic E-state index is 6.28. The molecule has 0 unspecified atom stereocenters. The molecule has 142 valence electrons. The zero-order valence-electron chi connectivity index (χ0n) is 15.1. The fourth-order valence-electron chi connectivity index (χ4n) is 2.79. The van der Waals surface area contributed by atoms with Gasteiger partial charge in [-0.25, -0.2) is 9.97 Å². The molecule has 0 aliphatic heterocycles. The summed E-state index contributed by atoms with van der Waals surface area (Å²) < 4.78 is 5.54. The van der Waals surface area contributed by atoms with E-state index in [2.05, 4.69) is 20.3 Å². The van der Waals surface area contributed by atoms with Crippen LogP contribution in [0.3, 0.4) is 0 Å². The molecule has 2 N–H and O–H groups in total. The van der Waals surface area contributed by atoms with E-state index >= 15 is 0 Å². The highest BCUT2D eigenvalue weighted by molar-refractivity contribution is 7.14. The lowest BCUT2D eigenvalue weighted by Crippen LogP contribution is -1.94. The van der Waals surface area contributed by atoms with Crippen molar-refractivity contribution in [1.29, 1.82) is 0 Å². The molecule has 0 fully saturated rings. The van der Waals surface area contributed by atoms with Crippen LogP contribution in [0.1, 0.15) is 5.69 Å². The van der Waals surface area contributed by atoms with Crippen LogP contribution in [0.4, 0.5) is 10.8 Å². The molecule has 0 aliphatic rings.